The Kier molecular flexibility index (Phi) is 1.07. The molecule has 0 fully saturated rings. The molecule has 0 saturated heterocycles. The van der Waals surface area contributed by atoms with Gasteiger partial charge in [-0.25, -0.2) is 15.0 Å². The maximum atomic E-state index is 5.67. The van der Waals surface area contributed by atoms with Crippen LogP contribution in [-0.2, 0) is 0 Å². The zero-order chi connectivity index (χ0) is 6.97. The van der Waals surface area contributed by atoms with Crippen LogP contribution in [0.5, 0.6) is 0 Å². The van der Waals surface area contributed by atoms with E-state index in [1.165, 1.54) is 6.33 Å². The predicted molar refractivity (Wildman–Crippen MR) is 35.8 cm³/mol. The van der Waals surface area contributed by atoms with E-state index in [1.54, 1.807) is 16.9 Å². The molecule has 0 amide bonds. The van der Waals surface area contributed by atoms with Crippen LogP contribution >= 0.6 is 11.6 Å². The van der Waals surface area contributed by atoms with Crippen molar-refractivity contribution in [1.82, 2.24) is 19.4 Å². The number of halogens is 1. The predicted octanol–water partition coefficient (Wildman–Crippen LogP) is 0.778. The Morgan fingerprint density at radius 2 is 2.30 bits per heavy atom. The SMILES string of the molecule is Clc1ncnc2cncn12. The fraction of sp³-hybridized carbons (Fsp3) is 0. The fourth-order valence-corrected chi connectivity index (χ4v) is 0.897. The quantitative estimate of drug-likeness (QED) is 0.563. The molecular formula is C5H3ClN4. The summed E-state index contributed by atoms with van der Waals surface area (Å²) >= 11 is 5.67. The average Bonchev–Trinajstić information content (AvgIpc) is 2.36. The summed E-state index contributed by atoms with van der Waals surface area (Å²) in [6.07, 6.45) is 4.59. The third-order valence-corrected chi connectivity index (χ3v) is 1.45. The zero-order valence-electron chi connectivity index (χ0n) is 4.90. The summed E-state index contributed by atoms with van der Waals surface area (Å²) in [5.41, 5.74) is 0.708. The van der Waals surface area contributed by atoms with Crippen LogP contribution < -0.4 is 0 Å². The Balaban J connectivity index is 2.95. The molecule has 2 heterocycles. The first-order valence-corrected chi connectivity index (χ1v) is 3.04. The molecule has 0 aliphatic carbocycles. The molecule has 0 aromatic carbocycles. The van der Waals surface area contributed by atoms with Crippen molar-refractivity contribution in [2.24, 2.45) is 0 Å². The van der Waals surface area contributed by atoms with E-state index in [9.17, 15) is 0 Å². The third-order valence-electron chi connectivity index (χ3n) is 1.17. The van der Waals surface area contributed by atoms with Gasteiger partial charge in [-0.1, -0.05) is 0 Å². The van der Waals surface area contributed by atoms with Crippen molar-refractivity contribution in [2.45, 2.75) is 0 Å². The fourth-order valence-electron chi connectivity index (χ4n) is 0.724. The molecule has 4 nitrogen and oxygen atoms in total. The Bertz CT molecular complexity index is 355. The summed E-state index contributed by atoms with van der Waals surface area (Å²) in [7, 11) is 0. The van der Waals surface area contributed by atoms with E-state index in [0.717, 1.165) is 0 Å². The number of imidazole rings is 1. The van der Waals surface area contributed by atoms with Crippen LogP contribution in [0, 0.1) is 0 Å². The maximum absolute atomic E-state index is 5.67. The van der Waals surface area contributed by atoms with Gasteiger partial charge >= 0.3 is 0 Å². The molecule has 0 N–H and O–H groups in total. The van der Waals surface area contributed by atoms with Crippen LogP contribution in [0.4, 0.5) is 0 Å². The normalized spacial score (nSPS) is 10.5. The lowest BCUT2D eigenvalue weighted by molar-refractivity contribution is 1.02. The lowest BCUT2D eigenvalue weighted by atomic mass is 10.8. The molecule has 2 aromatic heterocycles. The number of hydrogen-bond donors (Lipinski definition) is 0. The number of aromatic nitrogens is 4. The number of hydrogen-bond acceptors (Lipinski definition) is 3. The zero-order valence-corrected chi connectivity index (χ0v) is 5.65. The molecule has 0 aliphatic rings. The summed E-state index contributed by atoms with van der Waals surface area (Å²) in [5.74, 6) is 0. The Labute approximate surface area is 61.5 Å². The molecule has 0 unspecified atom stereocenters. The van der Waals surface area contributed by atoms with Crippen molar-refractivity contribution in [3.8, 4) is 0 Å². The van der Waals surface area contributed by atoms with Gasteiger partial charge in [-0.05, 0) is 11.6 Å². The van der Waals surface area contributed by atoms with Crippen molar-refractivity contribution in [3.05, 3.63) is 24.1 Å². The van der Waals surface area contributed by atoms with Gasteiger partial charge < -0.3 is 0 Å². The highest BCUT2D eigenvalue weighted by Crippen LogP contribution is 2.04. The van der Waals surface area contributed by atoms with Crippen LogP contribution in [0.3, 0.4) is 0 Å². The van der Waals surface area contributed by atoms with E-state index in [4.69, 9.17) is 11.6 Å². The molecule has 2 aromatic rings. The van der Waals surface area contributed by atoms with Gasteiger partial charge in [-0.15, -0.1) is 0 Å². The lowest BCUT2D eigenvalue weighted by Gasteiger charge is -1.91. The van der Waals surface area contributed by atoms with E-state index in [0.29, 0.717) is 10.9 Å². The monoisotopic (exact) mass is 154 g/mol. The first kappa shape index (κ1) is 5.61. The van der Waals surface area contributed by atoms with Gasteiger partial charge in [-0.3, -0.25) is 4.40 Å². The Morgan fingerprint density at radius 1 is 1.40 bits per heavy atom. The van der Waals surface area contributed by atoms with E-state index < -0.39 is 0 Å². The maximum Gasteiger partial charge on any atom is 0.211 e. The van der Waals surface area contributed by atoms with Crippen LogP contribution in [0.25, 0.3) is 5.65 Å². The van der Waals surface area contributed by atoms with Gasteiger partial charge in [0.25, 0.3) is 0 Å². The van der Waals surface area contributed by atoms with Crippen LogP contribution in [-0.4, -0.2) is 19.4 Å². The van der Waals surface area contributed by atoms with Crippen molar-refractivity contribution >= 4 is 17.2 Å². The number of fused-ring (bicyclic) bond motifs is 1. The van der Waals surface area contributed by atoms with E-state index in [1.807, 2.05) is 0 Å². The first-order valence-electron chi connectivity index (χ1n) is 2.66. The van der Waals surface area contributed by atoms with Crippen LogP contribution in [0.1, 0.15) is 0 Å². The second kappa shape index (κ2) is 1.91. The molecule has 0 bridgehead atoms. The second-order valence-corrected chi connectivity index (χ2v) is 2.10. The largest absolute Gasteiger partial charge is 0.257 e. The molecule has 0 spiro atoms. The van der Waals surface area contributed by atoms with Gasteiger partial charge in [0.15, 0.2) is 5.65 Å². The third kappa shape index (κ3) is 0.657. The molecule has 0 aliphatic heterocycles. The summed E-state index contributed by atoms with van der Waals surface area (Å²) in [4.78, 5) is 11.5. The highest BCUT2D eigenvalue weighted by molar-refractivity contribution is 6.28. The Hall–Kier alpha value is -1.16. The summed E-state index contributed by atoms with van der Waals surface area (Å²) in [5, 5.41) is 0.377. The molecule has 0 atom stereocenters. The topological polar surface area (TPSA) is 43.1 Å². The highest BCUT2D eigenvalue weighted by Gasteiger charge is 1.96. The van der Waals surface area contributed by atoms with Gasteiger partial charge in [0.05, 0.1) is 6.20 Å². The highest BCUT2D eigenvalue weighted by atomic mass is 35.5. The van der Waals surface area contributed by atoms with E-state index in [2.05, 4.69) is 15.0 Å². The van der Waals surface area contributed by atoms with E-state index >= 15 is 0 Å². The van der Waals surface area contributed by atoms with Crippen molar-refractivity contribution in [3.63, 3.8) is 0 Å². The van der Waals surface area contributed by atoms with Gasteiger partial charge in [-0.2, -0.15) is 0 Å². The number of nitrogens with zero attached hydrogens (tertiary/aromatic N) is 4. The molecule has 2 rings (SSSR count). The van der Waals surface area contributed by atoms with Crippen molar-refractivity contribution < 1.29 is 0 Å². The first-order chi connectivity index (χ1) is 4.88. The number of rotatable bonds is 0. The van der Waals surface area contributed by atoms with Gasteiger partial charge in [0, 0.05) is 0 Å². The van der Waals surface area contributed by atoms with Crippen LogP contribution in [0.15, 0.2) is 18.9 Å². The van der Waals surface area contributed by atoms with Crippen LogP contribution in [0.2, 0.25) is 5.28 Å². The molecule has 10 heavy (non-hydrogen) atoms. The summed E-state index contributed by atoms with van der Waals surface area (Å²) in [6, 6.07) is 0. The molecule has 50 valence electrons. The smallest absolute Gasteiger partial charge is 0.211 e. The standard InChI is InChI=1S/C5H3ClN4/c6-5-9-2-8-4-1-7-3-10(4)5/h1-3H. The van der Waals surface area contributed by atoms with Crippen molar-refractivity contribution in [2.75, 3.05) is 0 Å². The van der Waals surface area contributed by atoms with Gasteiger partial charge in [0.1, 0.15) is 12.7 Å². The minimum atomic E-state index is 0.377. The van der Waals surface area contributed by atoms with Crippen molar-refractivity contribution in [1.29, 1.82) is 0 Å². The summed E-state index contributed by atoms with van der Waals surface area (Å²) in [6.45, 7) is 0. The van der Waals surface area contributed by atoms with E-state index in [-0.39, 0.29) is 0 Å². The molecule has 0 radical (unpaired) electrons. The Morgan fingerprint density at radius 3 is 3.10 bits per heavy atom. The average molecular weight is 155 g/mol. The van der Waals surface area contributed by atoms with Gasteiger partial charge in [0.2, 0.25) is 5.28 Å². The second-order valence-electron chi connectivity index (χ2n) is 1.76. The minimum absolute atomic E-state index is 0.377. The minimum Gasteiger partial charge on any atom is -0.257 e. The molecular weight excluding hydrogens is 152 g/mol. The summed E-state index contributed by atoms with van der Waals surface area (Å²) < 4.78 is 1.60. The molecule has 0 saturated carbocycles. The lowest BCUT2D eigenvalue weighted by Crippen LogP contribution is -1.89. The molecule has 5 heteroatoms.